The second-order valence-electron chi connectivity index (χ2n) is 5.35. The van der Waals surface area contributed by atoms with Gasteiger partial charge in [0, 0.05) is 36.8 Å². The second kappa shape index (κ2) is 5.17. The van der Waals surface area contributed by atoms with Crippen molar-refractivity contribution in [1.82, 2.24) is 19.2 Å². The molecule has 3 aromatic heterocycles. The van der Waals surface area contributed by atoms with Crippen LogP contribution >= 0.6 is 0 Å². The van der Waals surface area contributed by atoms with E-state index in [1.165, 1.54) is 0 Å². The Bertz CT molecular complexity index is 985. The first-order chi connectivity index (χ1) is 11.2. The number of nitrogens with zero attached hydrogens (tertiary/aromatic N) is 4. The number of rotatable bonds is 3. The van der Waals surface area contributed by atoms with Crippen molar-refractivity contribution < 1.29 is 4.74 Å². The molecule has 0 unspecified atom stereocenters. The fourth-order valence-electron chi connectivity index (χ4n) is 2.49. The molecule has 0 bridgehead atoms. The van der Waals surface area contributed by atoms with E-state index in [1.54, 1.807) is 23.1 Å². The summed E-state index contributed by atoms with van der Waals surface area (Å²) in [6.45, 7) is 0. The Morgan fingerprint density at radius 1 is 1.13 bits per heavy atom. The summed E-state index contributed by atoms with van der Waals surface area (Å²) in [6, 6.07) is 11.2. The normalized spacial score (nSPS) is 11.0. The smallest absolute Gasteiger partial charge is 0.153 e. The molecule has 0 aliphatic rings. The van der Waals surface area contributed by atoms with Crippen molar-refractivity contribution in [2.75, 3.05) is 5.73 Å². The Kier molecular flexibility index (Phi) is 3.01. The van der Waals surface area contributed by atoms with E-state index in [1.807, 2.05) is 54.3 Å². The number of hydrogen-bond acceptors (Lipinski definition) is 4. The van der Waals surface area contributed by atoms with Crippen molar-refractivity contribution in [2.45, 2.75) is 0 Å². The number of imidazole rings is 1. The van der Waals surface area contributed by atoms with Crippen molar-refractivity contribution in [3.8, 4) is 22.8 Å². The summed E-state index contributed by atoms with van der Waals surface area (Å²) in [4.78, 5) is 4.39. The predicted octanol–water partition coefficient (Wildman–Crippen LogP) is 3.11. The molecule has 0 amide bonds. The number of benzene rings is 1. The van der Waals surface area contributed by atoms with Gasteiger partial charge in [-0.05, 0) is 24.3 Å². The first-order valence-corrected chi connectivity index (χ1v) is 7.18. The molecular weight excluding hydrogens is 290 g/mol. The van der Waals surface area contributed by atoms with E-state index < -0.39 is 0 Å². The van der Waals surface area contributed by atoms with Gasteiger partial charge in [0.15, 0.2) is 5.75 Å². The molecule has 6 nitrogen and oxygen atoms in total. The molecule has 0 saturated carbocycles. The average Bonchev–Trinajstić information content (AvgIpc) is 3.16. The molecule has 2 N–H and O–H groups in total. The van der Waals surface area contributed by atoms with Gasteiger partial charge in [-0.15, -0.1) is 0 Å². The highest BCUT2D eigenvalue weighted by molar-refractivity contribution is 5.69. The van der Waals surface area contributed by atoms with Gasteiger partial charge in [-0.25, -0.2) is 9.50 Å². The third kappa shape index (κ3) is 2.50. The predicted molar refractivity (Wildman–Crippen MR) is 88.3 cm³/mol. The van der Waals surface area contributed by atoms with Gasteiger partial charge >= 0.3 is 0 Å². The number of aromatic nitrogens is 4. The van der Waals surface area contributed by atoms with Crippen LogP contribution in [0.3, 0.4) is 0 Å². The highest BCUT2D eigenvalue weighted by Gasteiger charge is 2.10. The Balaban J connectivity index is 1.83. The van der Waals surface area contributed by atoms with Crippen LogP contribution in [0.25, 0.3) is 16.8 Å². The van der Waals surface area contributed by atoms with E-state index >= 15 is 0 Å². The largest absolute Gasteiger partial charge is 0.455 e. The topological polar surface area (TPSA) is 70.4 Å². The summed E-state index contributed by atoms with van der Waals surface area (Å²) < 4.78 is 9.71. The average molecular weight is 305 g/mol. The van der Waals surface area contributed by atoms with Crippen LogP contribution in [-0.4, -0.2) is 19.2 Å². The molecule has 3 heterocycles. The molecule has 0 aliphatic heterocycles. The summed E-state index contributed by atoms with van der Waals surface area (Å²) in [6.07, 6.45) is 7.39. The van der Waals surface area contributed by atoms with Gasteiger partial charge in [0.25, 0.3) is 0 Å². The lowest BCUT2D eigenvalue weighted by atomic mass is 10.2. The fourth-order valence-corrected chi connectivity index (χ4v) is 2.49. The molecule has 0 saturated heterocycles. The van der Waals surface area contributed by atoms with Gasteiger partial charge in [0.1, 0.15) is 11.3 Å². The molecule has 1 aromatic carbocycles. The van der Waals surface area contributed by atoms with Gasteiger partial charge < -0.3 is 15.0 Å². The lowest BCUT2D eigenvalue weighted by molar-refractivity contribution is 0.486. The summed E-state index contributed by atoms with van der Waals surface area (Å²) in [7, 11) is 1.94. The maximum absolute atomic E-state index is 6.02. The lowest BCUT2D eigenvalue weighted by Crippen LogP contribution is -1.94. The number of nitrogen functional groups attached to an aromatic ring is 1. The number of pyridine rings is 1. The first-order valence-electron chi connectivity index (χ1n) is 7.18. The van der Waals surface area contributed by atoms with Crippen LogP contribution in [0.5, 0.6) is 11.5 Å². The number of fused-ring (bicyclic) bond motifs is 1. The van der Waals surface area contributed by atoms with E-state index in [0.29, 0.717) is 17.2 Å². The van der Waals surface area contributed by atoms with Gasteiger partial charge in [-0.1, -0.05) is 6.07 Å². The molecule has 0 radical (unpaired) electrons. The van der Waals surface area contributed by atoms with Crippen LogP contribution in [0.2, 0.25) is 0 Å². The fraction of sp³-hybridized carbons (Fsp3) is 0.0588. The van der Waals surface area contributed by atoms with Crippen molar-refractivity contribution in [3.05, 3.63) is 61.3 Å². The zero-order valence-electron chi connectivity index (χ0n) is 12.5. The van der Waals surface area contributed by atoms with Crippen molar-refractivity contribution in [1.29, 1.82) is 0 Å². The molecule has 23 heavy (non-hydrogen) atoms. The zero-order chi connectivity index (χ0) is 15.8. The molecule has 0 atom stereocenters. The maximum atomic E-state index is 6.02. The van der Waals surface area contributed by atoms with Crippen LogP contribution in [0.1, 0.15) is 0 Å². The third-order valence-corrected chi connectivity index (χ3v) is 3.56. The van der Waals surface area contributed by atoms with E-state index in [2.05, 4.69) is 10.1 Å². The molecule has 4 rings (SSSR count). The number of hydrogen-bond donors (Lipinski definition) is 1. The Morgan fingerprint density at radius 2 is 2.04 bits per heavy atom. The van der Waals surface area contributed by atoms with Crippen LogP contribution in [0.15, 0.2) is 61.3 Å². The minimum atomic E-state index is 0.660. The highest BCUT2D eigenvalue weighted by atomic mass is 16.5. The first kappa shape index (κ1) is 13.4. The quantitative estimate of drug-likeness (QED) is 0.590. The highest BCUT2D eigenvalue weighted by Crippen LogP contribution is 2.31. The van der Waals surface area contributed by atoms with Crippen molar-refractivity contribution in [2.24, 2.45) is 7.05 Å². The molecule has 4 aromatic rings. The minimum Gasteiger partial charge on any atom is -0.455 e. The second-order valence-corrected chi connectivity index (χ2v) is 5.35. The van der Waals surface area contributed by atoms with Crippen LogP contribution in [-0.2, 0) is 7.05 Å². The van der Waals surface area contributed by atoms with Crippen LogP contribution in [0.4, 0.5) is 5.69 Å². The Labute approximate surface area is 132 Å². The Hall–Kier alpha value is -3.28. The van der Waals surface area contributed by atoms with E-state index in [9.17, 15) is 0 Å². The Morgan fingerprint density at radius 3 is 2.83 bits per heavy atom. The van der Waals surface area contributed by atoms with Crippen LogP contribution < -0.4 is 10.5 Å². The summed E-state index contributed by atoms with van der Waals surface area (Å²) in [5.41, 5.74) is 9.15. The maximum Gasteiger partial charge on any atom is 0.153 e. The van der Waals surface area contributed by atoms with Gasteiger partial charge in [0.2, 0.25) is 0 Å². The number of anilines is 1. The number of ether oxygens (including phenoxy) is 1. The van der Waals surface area contributed by atoms with Crippen LogP contribution in [0, 0.1) is 0 Å². The zero-order valence-corrected chi connectivity index (χ0v) is 12.5. The van der Waals surface area contributed by atoms with E-state index in [-0.39, 0.29) is 0 Å². The molecule has 0 fully saturated rings. The SMILES string of the molecule is Cn1cnc(-c2cc(Oc3cccc(N)c3)c3ccnn3c2)c1. The van der Waals surface area contributed by atoms with Crippen molar-refractivity contribution >= 4 is 11.2 Å². The summed E-state index contributed by atoms with van der Waals surface area (Å²) >= 11 is 0. The monoisotopic (exact) mass is 305 g/mol. The number of aryl methyl sites for hydroxylation is 1. The number of nitrogens with two attached hydrogens (primary N) is 1. The van der Waals surface area contributed by atoms with Crippen molar-refractivity contribution in [3.63, 3.8) is 0 Å². The van der Waals surface area contributed by atoms with Gasteiger partial charge in [0.05, 0.1) is 18.2 Å². The van der Waals surface area contributed by atoms with E-state index in [0.717, 1.165) is 16.8 Å². The molecule has 6 heteroatoms. The summed E-state index contributed by atoms with van der Waals surface area (Å²) in [5, 5.41) is 4.31. The standard InChI is InChI=1S/C17H15N5O/c1-21-10-15(19-11-21)12-7-17(16-5-6-20-22(16)9-12)23-14-4-2-3-13(18)8-14/h2-11H,18H2,1H3. The third-order valence-electron chi connectivity index (χ3n) is 3.56. The van der Waals surface area contributed by atoms with Gasteiger partial charge in [-0.2, -0.15) is 5.10 Å². The molecule has 0 aliphatic carbocycles. The molecule has 114 valence electrons. The lowest BCUT2D eigenvalue weighted by Gasteiger charge is -2.10. The van der Waals surface area contributed by atoms with Gasteiger partial charge in [-0.3, -0.25) is 0 Å². The summed E-state index contributed by atoms with van der Waals surface area (Å²) in [5.74, 6) is 1.39. The van der Waals surface area contributed by atoms with E-state index in [4.69, 9.17) is 10.5 Å². The molecular formula is C17H15N5O. The molecule has 0 spiro atoms. The minimum absolute atomic E-state index is 0.660.